The van der Waals surface area contributed by atoms with Crippen molar-refractivity contribution in [3.63, 3.8) is 0 Å². The number of ether oxygens (including phenoxy) is 3. The summed E-state index contributed by atoms with van der Waals surface area (Å²) in [5.41, 5.74) is 0. The minimum absolute atomic E-state index is 0.0581. The van der Waals surface area contributed by atoms with Gasteiger partial charge in [-0.25, -0.2) is 4.79 Å². The Balaban J connectivity index is 2.18. The monoisotopic (exact) mass is 214 g/mol. The largest absolute Gasteiger partial charge is 0.461 e. The molecule has 86 valence electrons. The number of fused-ring (bicyclic) bond motifs is 2. The lowest BCUT2D eigenvalue weighted by Crippen LogP contribution is -2.42. The molecule has 2 heterocycles. The van der Waals surface area contributed by atoms with Crippen LogP contribution >= 0.6 is 0 Å². The number of carbonyl (C=O) groups excluding carboxylic acids is 1. The zero-order chi connectivity index (χ0) is 11.0. The van der Waals surface area contributed by atoms with E-state index < -0.39 is 6.10 Å². The fourth-order valence-electron chi connectivity index (χ4n) is 2.67. The number of carbonyl (C=O) groups is 1. The summed E-state index contributed by atoms with van der Waals surface area (Å²) in [6.07, 6.45) is 0.678. The Labute approximate surface area is 89.9 Å². The number of rotatable bonds is 1. The summed E-state index contributed by atoms with van der Waals surface area (Å²) >= 11 is 0. The second kappa shape index (κ2) is 4.10. The van der Waals surface area contributed by atoms with Crippen molar-refractivity contribution < 1.29 is 19.0 Å². The van der Waals surface area contributed by atoms with Gasteiger partial charge in [0, 0.05) is 13.0 Å². The quantitative estimate of drug-likeness (QED) is 0.610. The van der Waals surface area contributed by atoms with Gasteiger partial charge in [0.05, 0.1) is 12.2 Å². The third-order valence-electron chi connectivity index (χ3n) is 3.44. The van der Waals surface area contributed by atoms with Gasteiger partial charge < -0.3 is 14.2 Å². The summed E-state index contributed by atoms with van der Waals surface area (Å²) in [6.45, 7) is 4.51. The molecule has 0 aromatic rings. The second-order valence-electron chi connectivity index (χ2n) is 4.58. The van der Waals surface area contributed by atoms with Gasteiger partial charge in [-0.1, -0.05) is 13.8 Å². The van der Waals surface area contributed by atoms with Crippen molar-refractivity contribution in [1.82, 2.24) is 0 Å². The SMILES string of the molecule is CO[C@@H]1C(=O)OC[C@H]2C[C@@H](C)[C@@H](O2)[C@H]1C. The number of esters is 1. The van der Waals surface area contributed by atoms with E-state index in [9.17, 15) is 4.79 Å². The van der Waals surface area contributed by atoms with Crippen LogP contribution in [0.15, 0.2) is 0 Å². The lowest BCUT2D eigenvalue weighted by Gasteiger charge is -2.30. The molecule has 15 heavy (non-hydrogen) atoms. The molecule has 2 bridgehead atoms. The van der Waals surface area contributed by atoms with Gasteiger partial charge in [-0.2, -0.15) is 0 Å². The maximum atomic E-state index is 11.6. The van der Waals surface area contributed by atoms with Crippen LogP contribution < -0.4 is 0 Å². The zero-order valence-corrected chi connectivity index (χ0v) is 9.43. The first-order chi connectivity index (χ1) is 7.13. The van der Waals surface area contributed by atoms with Crippen molar-refractivity contribution in [2.75, 3.05) is 13.7 Å². The Kier molecular flexibility index (Phi) is 2.98. The van der Waals surface area contributed by atoms with E-state index in [1.807, 2.05) is 6.92 Å². The Morgan fingerprint density at radius 2 is 2.13 bits per heavy atom. The normalized spacial score (nSPS) is 45.8. The molecular formula is C11H18O4. The molecule has 0 amide bonds. The van der Waals surface area contributed by atoms with Gasteiger partial charge in [0.25, 0.3) is 0 Å². The third-order valence-corrected chi connectivity index (χ3v) is 3.44. The Bertz CT molecular complexity index is 253. The van der Waals surface area contributed by atoms with Crippen molar-refractivity contribution in [2.45, 2.75) is 38.6 Å². The van der Waals surface area contributed by atoms with E-state index in [-0.39, 0.29) is 24.1 Å². The van der Waals surface area contributed by atoms with Crippen LogP contribution in [0.1, 0.15) is 20.3 Å². The van der Waals surface area contributed by atoms with Gasteiger partial charge in [-0.3, -0.25) is 0 Å². The minimum atomic E-state index is -0.489. The van der Waals surface area contributed by atoms with Gasteiger partial charge in [-0.15, -0.1) is 0 Å². The Hall–Kier alpha value is -0.610. The maximum absolute atomic E-state index is 11.6. The molecule has 2 rings (SSSR count). The van der Waals surface area contributed by atoms with Crippen molar-refractivity contribution in [3.05, 3.63) is 0 Å². The van der Waals surface area contributed by atoms with E-state index >= 15 is 0 Å². The molecule has 0 aliphatic carbocycles. The Morgan fingerprint density at radius 1 is 1.40 bits per heavy atom. The van der Waals surface area contributed by atoms with Crippen LogP contribution in [-0.2, 0) is 19.0 Å². The molecule has 5 atom stereocenters. The zero-order valence-electron chi connectivity index (χ0n) is 9.43. The van der Waals surface area contributed by atoms with Gasteiger partial charge >= 0.3 is 5.97 Å². The number of methoxy groups -OCH3 is 1. The maximum Gasteiger partial charge on any atom is 0.335 e. The smallest absolute Gasteiger partial charge is 0.335 e. The fourth-order valence-corrected chi connectivity index (χ4v) is 2.67. The molecule has 2 aliphatic rings. The average molecular weight is 214 g/mol. The van der Waals surface area contributed by atoms with Crippen molar-refractivity contribution in [2.24, 2.45) is 11.8 Å². The van der Waals surface area contributed by atoms with E-state index in [0.29, 0.717) is 12.5 Å². The van der Waals surface area contributed by atoms with Crippen molar-refractivity contribution >= 4 is 5.97 Å². The molecule has 0 saturated carbocycles. The third kappa shape index (κ3) is 1.88. The van der Waals surface area contributed by atoms with Gasteiger partial charge in [0.2, 0.25) is 0 Å². The van der Waals surface area contributed by atoms with Crippen LogP contribution in [0.2, 0.25) is 0 Å². The summed E-state index contributed by atoms with van der Waals surface area (Å²) in [4.78, 5) is 11.6. The van der Waals surface area contributed by atoms with E-state index in [1.54, 1.807) is 7.11 Å². The van der Waals surface area contributed by atoms with E-state index in [0.717, 1.165) is 6.42 Å². The Morgan fingerprint density at radius 3 is 2.80 bits per heavy atom. The first-order valence-corrected chi connectivity index (χ1v) is 5.48. The first kappa shape index (κ1) is 10.9. The predicted octanol–water partition coefficient (Wildman–Crippen LogP) is 0.988. The summed E-state index contributed by atoms with van der Waals surface area (Å²) in [6, 6.07) is 0. The summed E-state index contributed by atoms with van der Waals surface area (Å²) < 4.78 is 16.2. The molecule has 0 aromatic heterocycles. The molecule has 0 spiro atoms. The summed E-state index contributed by atoms with van der Waals surface area (Å²) in [5, 5.41) is 0. The van der Waals surface area contributed by atoms with Crippen molar-refractivity contribution in [3.8, 4) is 0 Å². The highest BCUT2D eigenvalue weighted by Crippen LogP contribution is 2.35. The molecule has 0 aromatic carbocycles. The standard InChI is InChI=1S/C11H18O4/c1-6-4-8-5-14-11(12)10(13-3)7(2)9(6)15-8/h6-10H,4-5H2,1-3H3/t6-,7-,8-,9-,10+/m1/s1. The highest BCUT2D eigenvalue weighted by atomic mass is 16.6. The molecule has 0 radical (unpaired) electrons. The fraction of sp³-hybridized carbons (Fsp3) is 0.909. The van der Waals surface area contributed by atoms with Crippen LogP contribution in [0.3, 0.4) is 0 Å². The first-order valence-electron chi connectivity index (χ1n) is 5.48. The highest BCUT2D eigenvalue weighted by Gasteiger charge is 2.44. The number of hydrogen-bond acceptors (Lipinski definition) is 4. The van der Waals surface area contributed by atoms with Crippen LogP contribution in [0.5, 0.6) is 0 Å². The minimum Gasteiger partial charge on any atom is -0.461 e. The van der Waals surface area contributed by atoms with E-state index in [2.05, 4.69) is 6.92 Å². The lowest BCUT2D eigenvalue weighted by atomic mass is 9.89. The van der Waals surface area contributed by atoms with Crippen molar-refractivity contribution in [1.29, 1.82) is 0 Å². The number of cyclic esters (lactones) is 1. The van der Waals surface area contributed by atoms with Crippen LogP contribution in [-0.4, -0.2) is 38.0 Å². The average Bonchev–Trinajstić information content (AvgIpc) is 2.57. The van der Waals surface area contributed by atoms with Gasteiger partial charge in [0.15, 0.2) is 6.10 Å². The molecule has 2 aliphatic heterocycles. The van der Waals surface area contributed by atoms with Crippen LogP contribution in [0.4, 0.5) is 0 Å². The molecule has 2 saturated heterocycles. The van der Waals surface area contributed by atoms with Crippen LogP contribution in [0.25, 0.3) is 0 Å². The highest BCUT2D eigenvalue weighted by molar-refractivity contribution is 5.75. The van der Waals surface area contributed by atoms with Gasteiger partial charge in [-0.05, 0) is 12.3 Å². The molecule has 2 fully saturated rings. The topological polar surface area (TPSA) is 44.8 Å². The van der Waals surface area contributed by atoms with Gasteiger partial charge in [0.1, 0.15) is 6.61 Å². The summed E-state index contributed by atoms with van der Waals surface area (Å²) in [5.74, 6) is 0.275. The molecule has 4 nitrogen and oxygen atoms in total. The molecule has 0 unspecified atom stereocenters. The van der Waals surface area contributed by atoms with E-state index in [1.165, 1.54) is 0 Å². The lowest BCUT2D eigenvalue weighted by molar-refractivity contribution is -0.174. The summed E-state index contributed by atoms with van der Waals surface area (Å²) in [7, 11) is 1.54. The molecular weight excluding hydrogens is 196 g/mol. The number of hydrogen-bond donors (Lipinski definition) is 0. The van der Waals surface area contributed by atoms with Crippen LogP contribution in [0, 0.1) is 11.8 Å². The predicted molar refractivity (Wildman–Crippen MR) is 53.4 cm³/mol. The molecule has 4 heteroatoms. The second-order valence-corrected chi connectivity index (χ2v) is 4.58. The molecule has 0 N–H and O–H groups in total. The van der Waals surface area contributed by atoms with E-state index in [4.69, 9.17) is 14.2 Å².